The maximum atomic E-state index is 14.0. The Bertz CT molecular complexity index is 1450. The van der Waals surface area contributed by atoms with Gasteiger partial charge in [0.25, 0.3) is 0 Å². The lowest BCUT2D eigenvalue weighted by molar-refractivity contribution is -0.148. The second-order valence-corrected chi connectivity index (χ2v) is 12.1. The molecule has 42 heavy (non-hydrogen) atoms. The van der Waals surface area contributed by atoms with E-state index < -0.39 is 63.2 Å². The number of fused-ring (bicyclic) bond motifs is 1. The highest BCUT2D eigenvalue weighted by atomic mass is 35.5. The summed E-state index contributed by atoms with van der Waals surface area (Å²) in [7, 11) is -3.44. The molecule has 18 heteroatoms. The van der Waals surface area contributed by atoms with Crippen LogP contribution < -0.4 is 11.1 Å². The number of sulfonamides is 1. The van der Waals surface area contributed by atoms with Gasteiger partial charge < -0.3 is 20.5 Å². The minimum absolute atomic E-state index is 0. The molecule has 0 spiro atoms. The number of rotatable bonds is 7. The summed E-state index contributed by atoms with van der Waals surface area (Å²) >= 11 is 0. The van der Waals surface area contributed by atoms with Gasteiger partial charge in [0.05, 0.1) is 18.5 Å². The van der Waals surface area contributed by atoms with E-state index in [2.05, 4.69) is 10.3 Å². The molecule has 3 heterocycles. The molecule has 3 N–H and O–H groups in total. The van der Waals surface area contributed by atoms with Crippen molar-refractivity contribution in [2.45, 2.75) is 51.0 Å². The predicted octanol–water partition coefficient (Wildman–Crippen LogP) is 2.65. The number of hydrogen-bond acceptors (Lipinski definition) is 6. The van der Waals surface area contributed by atoms with Crippen LogP contribution in [0, 0.1) is 23.4 Å². The fraction of sp³-hybridized carbons (Fsp3) is 0.542. The molecule has 1 atom stereocenters. The Morgan fingerprint density at radius 2 is 1.69 bits per heavy atom. The first-order valence-corrected chi connectivity index (χ1v) is 14.5. The van der Waals surface area contributed by atoms with E-state index in [0.717, 1.165) is 10.8 Å². The Kier molecular flexibility index (Phi) is 10.2. The number of anilines is 1. The molecule has 2 aromatic rings. The summed E-state index contributed by atoms with van der Waals surface area (Å²) in [6, 6.07) is 0.0117. The minimum Gasteiger partial charge on any atom is -0.335 e. The number of nitrogens with one attached hydrogen (secondary N) is 1. The van der Waals surface area contributed by atoms with E-state index in [-0.39, 0.29) is 87.9 Å². The number of hydrogen-bond donors (Lipinski definition) is 2. The summed E-state index contributed by atoms with van der Waals surface area (Å²) in [4.78, 5) is 30.7. The quantitative estimate of drug-likeness (QED) is 0.352. The Balaban J connectivity index is 0.00000484. The molecule has 0 unspecified atom stereocenters. The molecule has 1 saturated heterocycles. The summed E-state index contributed by atoms with van der Waals surface area (Å²) in [5.41, 5.74) is 5.66. The molecule has 1 aromatic heterocycles. The van der Waals surface area contributed by atoms with E-state index in [1.807, 2.05) is 0 Å². The molecule has 0 aliphatic carbocycles. The molecule has 10 nitrogen and oxygen atoms in total. The van der Waals surface area contributed by atoms with Gasteiger partial charge in [0, 0.05) is 50.6 Å². The van der Waals surface area contributed by atoms with Gasteiger partial charge in [-0.05, 0) is 30.9 Å². The largest absolute Gasteiger partial charge is 0.449 e. The molecule has 234 valence electrons. The number of nitrogens with zero attached hydrogens (tertiary/aromatic N) is 4. The van der Waals surface area contributed by atoms with Crippen molar-refractivity contribution in [3.63, 3.8) is 0 Å². The van der Waals surface area contributed by atoms with Crippen molar-refractivity contribution in [2.75, 3.05) is 31.2 Å². The lowest BCUT2D eigenvalue weighted by Gasteiger charge is -2.31. The summed E-state index contributed by atoms with van der Waals surface area (Å²) < 4.78 is 107. The van der Waals surface area contributed by atoms with E-state index >= 15 is 0 Å². The molecule has 2 aliphatic rings. The van der Waals surface area contributed by atoms with Crippen LogP contribution in [0.1, 0.15) is 36.3 Å². The molecule has 1 aromatic carbocycles. The Morgan fingerprint density at radius 3 is 2.29 bits per heavy atom. The Morgan fingerprint density at radius 1 is 1.07 bits per heavy atom. The Labute approximate surface area is 243 Å². The fourth-order valence-electron chi connectivity index (χ4n) is 4.99. The van der Waals surface area contributed by atoms with E-state index in [1.165, 1.54) is 9.21 Å². The molecular weight excluding hydrogens is 618 g/mol. The van der Waals surface area contributed by atoms with E-state index in [1.54, 1.807) is 0 Å². The monoisotopic (exact) mass is 646 g/mol. The molecular formula is C24H29ClF6N6O4S. The van der Waals surface area contributed by atoms with Crippen LogP contribution in [0.25, 0.3) is 0 Å². The zero-order valence-corrected chi connectivity index (χ0v) is 23.9. The van der Waals surface area contributed by atoms with Crippen LogP contribution in [-0.2, 0) is 45.3 Å². The number of piperidine rings is 1. The van der Waals surface area contributed by atoms with Gasteiger partial charge in [-0.2, -0.15) is 13.2 Å². The zero-order valence-electron chi connectivity index (χ0n) is 22.3. The number of halogens is 7. The van der Waals surface area contributed by atoms with Crippen LogP contribution in [-0.4, -0.2) is 70.9 Å². The first-order chi connectivity index (χ1) is 19.0. The first kappa shape index (κ1) is 33.6. The van der Waals surface area contributed by atoms with E-state index in [9.17, 15) is 44.3 Å². The standard InChI is InChI=1S/C24H28F6N6O4S.ClH/c1-41(39,40)35-4-2-13(3-5-35)22(38)32-21-19-12-34(6-7-36(19)23(33-21)24(28,29)30)20(37)10-15(31)8-14-9-17(26)18(27)11-16(14)25;/h9,11,13,15H,2-8,10,12,31H2,1H3,(H,32,38);1H/t15-;/m1./s1. The summed E-state index contributed by atoms with van der Waals surface area (Å²) in [5, 5.41) is 2.43. The molecule has 0 saturated carbocycles. The van der Waals surface area contributed by atoms with Crippen molar-refractivity contribution in [3.05, 3.63) is 46.7 Å². The molecule has 0 radical (unpaired) electrons. The van der Waals surface area contributed by atoms with Crippen molar-refractivity contribution in [1.82, 2.24) is 18.8 Å². The summed E-state index contributed by atoms with van der Waals surface area (Å²) in [5.74, 6) is -7.14. The van der Waals surface area contributed by atoms with Crippen LogP contribution in [0.3, 0.4) is 0 Å². The molecule has 2 aliphatic heterocycles. The van der Waals surface area contributed by atoms with Gasteiger partial charge in [0.2, 0.25) is 27.7 Å². The number of amides is 2. The van der Waals surface area contributed by atoms with E-state index in [0.29, 0.717) is 12.1 Å². The average molecular weight is 647 g/mol. The molecule has 1 fully saturated rings. The molecule has 2 amide bonds. The molecule has 0 bridgehead atoms. The average Bonchev–Trinajstić information content (AvgIpc) is 3.25. The lowest BCUT2D eigenvalue weighted by Crippen LogP contribution is -2.42. The van der Waals surface area contributed by atoms with E-state index in [4.69, 9.17) is 5.73 Å². The second kappa shape index (κ2) is 12.8. The van der Waals surface area contributed by atoms with Gasteiger partial charge in [-0.25, -0.2) is 30.9 Å². The number of carbonyl (C=O) groups excluding carboxylic acids is 2. The number of benzene rings is 1. The van der Waals surface area contributed by atoms with Gasteiger partial charge in [0.1, 0.15) is 5.82 Å². The van der Waals surface area contributed by atoms with Crippen LogP contribution in [0.5, 0.6) is 0 Å². The highest BCUT2D eigenvalue weighted by Gasteiger charge is 2.41. The zero-order chi connectivity index (χ0) is 30.3. The van der Waals surface area contributed by atoms with Gasteiger partial charge in [-0.1, -0.05) is 0 Å². The third-order valence-corrected chi connectivity index (χ3v) is 8.46. The summed E-state index contributed by atoms with van der Waals surface area (Å²) in [6.07, 6.45) is -4.12. The minimum atomic E-state index is -4.85. The van der Waals surface area contributed by atoms with Gasteiger partial charge >= 0.3 is 6.18 Å². The smallest absolute Gasteiger partial charge is 0.335 e. The Hall–Kier alpha value is -2.89. The van der Waals surface area contributed by atoms with Crippen molar-refractivity contribution < 1.29 is 44.3 Å². The maximum absolute atomic E-state index is 14.0. The topological polar surface area (TPSA) is 131 Å². The number of alkyl halides is 3. The van der Waals surface area contributed by atoms with Crippen LogP contribution in [0.2, 0.25) is 0 Å². The van der Waals surface area contributed by atoms with Gasteiger partial charge in [-0.3, -0.25) is 9.59 Å². The van der Waals surface area contributed by atoms with Gasteiger partial charge in [0.15, 0.2) is 17.5 Å². The number of imidazole rings is 1. The fourth-order valence-corrected chi connectivity index (χ4v) is 5.87. The SMILES string of the molecule is CS(=O)(=O)N1CCC(C(=O)Nc2nc(C(F)(F)F)n3c2CN(C(=O)C[C@H](N)Cc2cc(F)c(F)cc2F)CC3)CC1.Cl. The number of carbonyl (C=O) groups is 2. The van der Waals surface area contributed by atoms with Crippen LogP contribution >= 0.6 is 12.4 Å². The lowest BCUT2D eigenvalue weighted by atomic mass is 9.97. The highest BCUT2D eigenvalue weighted by molar-refractivity contribution is 7.88. The highest BCUT2D eigenvalue weighted by Crippen LogP contribution is 2.35. The van der Waals surface area contributed by atoms with Crippen molar-refractivity contribution in [2.24, 2.45) is 11.7 Å². The maximum Gasteiger partial charge on any atom is 0.449 e. The predicted molar refractivity (Wildman–Crippen MR) is 140 cm³/mol. The summed E-state index contributed by atoms with van der Waals surface area (Å²) in [6.45, 7) is -0.574. The third kappa shape index (κ3) is 7.54. The third-order valence-electron chi connectivity index (χ3n) is 7.16. The second-order valence-electron chi connectivity index (χ2n) is 10.1. The normalized spacial score (nSPS) is 17.4. The number of nitrogens with two attached hydrogens (primary N) is 1. The first-order valence-electron chi connectivity index (χ1n) is 12.6. The van der Waals surface area contributed by atoms with Crippen molar-refractivity contribution >= 4 is 40.1 Å². The van der Waals surface area contributed by atoms with Crippen LogP contribution in [0.15, 0.2) is 12.1 Å². The van der Waals surface area contributed by atoms with Gasteiger partial charge in [-0.15, -0.1) is 12.4 Å². The molecule has 4 rings (SSSR count). The number of aromatic nitrogens is 2. The van der Waals surface area contributed by atoms with Crippen molar-refractivity contribution in [1.29, 1.82) is 0 Å². The van der Waals surface area contributed by atoms with Crippen LogP contribution in [0.4, 0.5) is 32.2 Å². The van der Waals surface area contributed by atoms with Crippen molar-refractivity contribution in [3.8, 4) is 0 Å².